The Labute approximate surface area is 136 Å². The SMILES string of the molecule is CCc1cccc(CC(=O)c2cc(C(C)=O)cc(C(C)=O)c2)c1. The predicted molar refractivity (Wildman–Crippen MR) is 90.3 cm³/mol. The van der Waals surface area contributed by atoms with E-state index >= 15 is 0 Å². The highest BCUT2D eigenvalue weighted by Gasteiger charge is 2.13. The molecular formula is C20H20O3. The van der Waals surface area contributed by atoms with E-state index in [0.717, 1.165) is 12.0 Å². The van der Waals surface area contributed by atoms with E-state index in [4.69, 9.17) is 0 Å². The van der Waals surface area contributed by atoms with Crippen molar-refractivity contribution in [1.82, 2.24) is 0 Å². The van der Waals surface area contributed by atoms with E-state index in [1.807, 2.05) is 24.3 Å². The highest BCUT2D eigenvalue weighted by Crippen LogP contribution is 2.16. The second-order valence-corrected chi connectivity index (χ2v) is 5.68. The summed E-state index contributed by atoms with van der Waals surface area (Å²) in [6, 6.07) is 12.6. The minimum atomic E-state index is -0.157. The Hall–Kier alpha value is -2.55. The van der Waals surface area contributed by atoms with E-state index < -0.39 is 0 Å². The minimum absolute atomic E-state index is 0.0937. The van der Waals surface area contributed by atoms with Crippen LogP contribution in [0.5, 0.6) is 0 Å². The highest BCUT2D eigenvalue weighted by molar-refractivity contribution is 6.05. The highest BCUT2D eigenvalue weighted by atomic mass is 16.1. The van der Waals surface area contributed by atoms with Gasteiger partial charge in [0.2, 0.25) is 0 Å². The zero-order chi connectivity index (χ0) is 17.0. The third-order valence-electron chi connectivity index (χ3n) is 3.83. The molecule has 3 heteroatoms. The topological polar surface area (TPSA) is 51.2 Å². The van der Waals surface area contributed by atoms with Gasteiger partial charge in [0.15, 0.2) is 17.3 Å². The number of carbonyl (C=O) groups excluding carboxylic acids is 3. The van der Waals surface area contributed by atoms with Crippen molar-refractivity contribution in [3.8, 4) is 0 Å². The molecule has 0 N–H and O–H groups in total. The van der Waals surface area contributed by atoms with Crippen LogP contribution in [-0.4, -0.2) is 17.3 Å². The Morgan fingerprint density at radius 3 is 1.83 bits per heavy atom. The van der Waals surface area contributed by atoms with Crippen molar-refractivity contribution >= 4 is 17.3 Å². The van der Waals surface area contributed by atoms with Crippen molar-refractivity contribution in [2.45, 2.75) is 33.6 Å². The number of ketones is 3. The Morgan fingerprint density at radius 2 is 1.30 bits per heavy atom. The lowest BCUT2D eigenvalue weighted by Gasteiger charge is -2.07. The van der Waals surface area contributed by atoms with E-state index in [2.05, 4.69) is 6.92 Å². The number of Topliss-reactive ketones (excluding diaryl/α,β-unsaturated/α-hetero) is 3. The first-order valence-corrected chi connectivity index (χ1v) is 7.68. The van der Waals surface area contributed by atoms with Gasteiger partial charge in [-0.25, -0.2) is 0 Å². The third kappa shape index (κ3) is 4.22. The smallest absolute Gasteiger partial charge is 0.167 e. The Balaban J connectivity index is 2.34. The average Bonchev–Trinajstić information content (AvgIpc) is 2.54. The number of carbonyl (C=O) groups is 3. The Morgan fingerprint density at radius 1 is 0.783 bits per heavy atom. The fourth-order valence-corrected chi connectivity index (χ4v) is 2.44. The first kappa shape index (κ1) is 16.8. The lowest BCUT2D eigenvalue weighted by Crippen LogP contribution is -2.08. The predicted octanol–water partition coefficient (Wildman–Crippen LogP) is 4.08. The molecule has 2 aromatic rings. The molecule has 3 nitrogen and oxygen atoms in total. The summed E-state index contributed by atoms with van der Waals surface area (Å²) in [4.78, 5) is 35.8. The van der Waals surface area contributed by atoms with Gasteiger partial charge in [0.25, 0.3) is 0 Å². The quantitative estimate of drug-likeness (QED) is 0.756. The van der Waals surface area contributed by atoms with Gasteiger partial charge in [-0.15, -0.1) is 0 Å². The van der Waals surface area contributed by atoms with Crippen LogP contribution in [0.15, 0.2) is 42.5 Å². The van der Waals surface area contributed by atoms with Gasteiger partial charge in [0.1, 0.15) is 0 Å². The van der Waals surface area contributed by atoms with Gasteiger partial charge < -0.3 is 0 Å². The summed E-state index contributed by atoms with van der Waals surface area (Å²) in [5, 5.41) is 0. The number of benzene rings is 2. The lowest BCUT2D eigenvalue weighted by molar-refractivity contribution is 0.0993. The largest absolute Gasteiger partial charge is 0.295 e. The maximum absolute atomic E-state index is 12.5. The summed E-state index contributed by atoms with van der Waals surface area (Å²) in [5.41, 5.74) is 3.31. The van der Waals surface area contributed by atoms with Crippen molar-refractivity contribution < 1.29 is 14.4 Å². The third-order valence-corrected chi connectivity index (χ3v) is 3.83. The van der Waals surface area contributed by atoms with E-state index in [-0.39, 0.29) is 23.8 Å². The molecule has 0 amide bonds. The molecule has 0 unspecified atom stereocenters. The van der Waals surface area contributed by atoms with Crippen LogP contribution in [0.2, 0.25) is 0 Å². The molecule has 23 heavy (non-hydrogen) atoms. The van der Waals surface area contributed by atoms with Crippen molar-refractivity contribution in [3.63, 3.8) is 0 Å². The first-order chi connectivity index (χ1) is 10.9. The van der Waals surface area contributed by atoms with Crippen molar-refractivity contribution in [2.24, 2.45) is 0 Å². The zero-order valence-corrected chi connectivity index (χ0v) is 13.7. The normalized spacial score (nSPS) is 10.4. The minimum Gasteiger partial charge on any atom is -0.295 e. The van der Waals surface area contributed by atoms with E-state index in [1.54, 1.807) is 18.2 Å². The second kappa shape index (κ2) is 7.14. The summed E-state index contributed by atoms with van der Waals surface area (Å²) in [7, 11) is 0. The fourth-order valence-electron chi connectivity index (χ4n) is 2.44. The van der Waals surface area contributed by atoms with Gasteiger partial charge >= 0.3 is 0 Å². The molecule has 0 fully saturated rings. The van der Waals surface area contributed by atoms with Gasteiger partial charge in [0.05, 0.1) is 0 Å². The molecule has 0 bridgehead atoms. The number of hydrogen-bond donors (Lipinski definition) is 0. The molecule has 0 saturated heterocycles. The summed E-state index contributed by atoms with van der Waals surface area (Å²) >= 11 is 0. The molecule has 0 aromatic heterocycles. The molecule has 0 radical (unpaired) electrons. The molecule has 0 aliphatic heterocycles. The monoisotopic (exact) mass is 308 g/mol. The second-order valence-electron chi connectivity index (χ2n) is 5.68. The van der Waals surface area contributed by atoms with Gasteiger partial charge in [-0.05, 0) is 49.6 Å². The molecule has 0 spiro atoms. The van der Waals surface area contributed by atoms with Crippen LogP contribution in [0.4, 0.5) is 0 Å². The molecular weight excluding hydrogens is 288 g/mol. The van der Waals surface area contributed by atoms with Crippen LogP contribution in [0.1, 0.15) is 63.0 Å². The average molecular weight is 308 g/mol. The molecule has 0 saturated carbocycles. The molecule has 0 aliphatic carbocycles. The van der Waals surface area contributed by atoms with Crippen LogP contribution >= 0.6 is 0 Å². The van der Waals surface area contributed by atoms with Crippen LogP contribution in [-0.2, 0) is 12.8 Å². The molecule has 2 rings (SSSR count). The van der Waals surface area contributed by atoms with Gasteiger partial charge in [-0.1, -0.05) is 31.2 Å². The summed E-state index contributed by atoms with van der Waals surface area (Å²) in [6.07, 6.45) is 1.17. The first-order valence-electron chi connectivity index (χ1n) is 7.68. The molecule has 0 heterocycles. The van der Waals surface area contributed by atoms with E-state index in [9.17, 15) is 14.4 Å². The maximum atomic E-state index is 12.5. The van der Waals surface area contributed by atoms with Gasteiger partial charge in [-0.3, -0.25) is 14.4 Å². The van der Waals surface area contributed by atoms with Crippen LogP contribution in [0.3, 0.4) is 0 Å². The van der Waals surface area contributed by atoms with Crippen molar-refractivity contribution in [3.05, 3.63) is 70.3 Å². The van der Waals surface area contributed by atoms with Crippen LogP contribution in [0, 0.1) is 0 Å². The maximum Gasteiger partial charge on any atom is 0.167 e. The number of rotatable bonds is 6. The molecule has 0 aliphatic rings. The summed E-state index contributed by atoms with van der Waals surface area (Å²) < 4.78 is 0. The molecule has 0 atom stereocenters. The molecule has 118 valence electrons. The summed E-state index contributed by atoms with van der Waals surface area (Å²) in [6.45, 7) is 4.92. The lowest BCUT2D eigenvalue weighted by atomic mass is 9.95. The standard InChI is InChI=1S/C20H20O3/c1-4-15-6-5-7-16(8-15)9-20(23)19-11-17(13(2)21)10-18(12-19)14(3)22/h5-8,10-12H,4,9H2,1-3H3. The van der Waals surface area contributed by atoms with Crippen LogP contribution < -0.4 is 0 Å². The zero-order valence-electron chi connectivity index (χ0n) is 13.7. The molecule has 2 aromatic carbocycles. The van der Waals surface area contributed by atoms with E-state index in [1.165, 1.54) is 19.4 Å². The Kier molecular flexibility index (Phi) is 5.22. The fraction of sp³-hybridized carbons (Fsp3) is 0.250. The van der Waals surface area contributed by atoms with Crippen LogP contribution in [0.25, 0.3) is 0 Å². The van der Waals surface area contributed by atoms with E-state index in [0.29, 0.717) is 16.7 Å². The Bertz CT molecular complexity index is 740. The number of aryl methyl sites for hydroxylation is 1. The van der Waals surface area contributed by atoms with Gasteiger partial charge in [-0.2, -0.15) is 0 Å². The number of hydrogen-bond acceptors (Lipinski definition) is 3. The van der Waals surface area contributed by atoms with Gasteiger partial charge in [0, 0.05) is 23.1 Å². The summed E-state index contributed by atoms with van der Waals surface area (Å²) in [5.74, 6) is -0.408. The van der Waals surface area contributed by atoms with Crippen molar-refractivity contribution in [1.29, 1.82) is 0 Å². The van der Waals surface area contributed by atoms with Crippen molar-refractivity contribution in [2.75, 3.05) is 0 Å².